The zero-order valence-electron chi connectivity index (χ0n) is 15.4. The van der Waals surface area contributed by atoms with E-state index in [0.29, 0.717) is 11.5 Å². The van der Waals surface area contributed by atoms with Crippen molar-refractivity contribution in [2.75, 3.05) is 13.6 Å². The van der Waals surface area contributed by atoms with E-state index in [1.807, 2.05) is 13.2 Å². The Bertz CT molecular complexity index is 465. The third-order valence-corrected chi connectivity index (χ3v) is 4.72. The highest BCUT2D eigenvalue weighted by Gasteiger charge is 2.13. The molecule has 0 amide bonds. The summed E-state index contributed by atoms with van der Waals surface area (Å²) < 4.78 is 0. The van der Waals surface area contributed by atoms with Crippen LogP contribution >= 0.6 is 35.3 Å². The molecule has 0 aliphatic rings. The number of rotatable bonds is 7. The lowest BCUT2D eigenvalue weighted by Gasteiger charge is -2.23. The number of thiazole rings is 1. The van der Waals surface area contributed by atoms with Gasteiger partial charge in [0, 0.05) is 37.1 Å². The number of aromatic nitrogens is 1. The number of halogens is 1. The highest BCUT2D eigenvalue weighted by Crippen LogP contribution is 2.21. The molecule has 0 aliphatic heterocycles. The number of nitrogens with one attached hydrogen (secondary N) is 2. The van der Waals surface area contributed by atoms with Gasteiger partial charge in [0.1, 0.15) is 0 Å². The second kappa shape index (κ2) is 11.2. The molecule has 1 unspecified atom stereocenters. The average Bonchev–Trinajstić information content (AvgIpc) is 2.91. The van der Waals surface area contributed by atoms with Gasteiger partial charge in [-0.15, -0.1) is 35.3 Å². The molecule has 1 atom stereocenters. The highest BCUT2D eigenvalue weighted by atomic mass is 127. The fourth-order valence-corrected chi connectivity index (χ4v) is 2.93. The van der Waals surface area contributed by atoms with E-state index in [4.69, 9.17) is 0 Å². The first-order chi connectivity index (χ1) is 10.3. The first-order valence-corrected chi connectivity index (χ1v) is 9.06. The number of nitrogens with zero attached hydrogens (tertiary/aromatic N) is 2. The van der Waals surface area contributed by atoms with E-state index >= 15 is 0 Å². The Morgan fingerprint density at radius 2 is 2.09 bits per heavy atom. The predicted molar refractivity (Wildman–Crippen MR) is 113 cm³/mol. The second-order valence-electron chi connectivity index (χ2n) is 6.97. The zero-order valence-corrected chi connectivity index (χ0v) is 18.5. The maximum absolute atomic E-state index is 4.45. The van der Waals surface area contributed by atoms with E-state index in [-0.39, 0.29) is 24.0 Å². The van der Waals surface area contributed by atoms with Crippen molar-refractivity contribution in [3.63, 3.8) is 0 Å². The van der Waals surface area contributed by atoms with Gasteiger partial charge in [0.05, 0.1) is 5.01 Å². The number of hydrogen-bond donors (Lipinski definition) is 2. The Labute approximate surface area is 163 Å². The molecule has 0 aromatic carbocycles. The quantitative estimate of drug-likeness (QED) is 0.370. The Morgan fingerprint density at radius 3 is 2.61 bits per heavy atom. The minimum atomic E-state index is 0. The molecule has 2 N–H and O–H groups in total. The third-order valence-electron chi connectivity index (χ3n) is 3.52. The van der Waals surface area contributed by atoms with Crippen LogP contribution in [-0.4, -0.2) is 30.6 Å². The van der Waals surface area contributed by atoms with E-state index in [1.54, 1.807) is 11.3 Å². The first kappa shape index (κ1) is 22.6. The van der Waals surface area contributed by atoms with Crippen molar-refractivity contribution in [1.82, 2.24) is 15.6 Å². The molecule has 0 aliphatic carbocycles. The van der Waals surface area contributed by atoms with Gasteiger partial charge >= 0.3 is 0 Å². The van der Waals surface area contributed by atoms with Crippen LogP contribution in [0.15, 0.2) is 11.2 Å². The van der Waals surface area contributed by atoms with Gasteiger partial charge in [0.15, 0.2) is 5.96 Å². The summed E-state index contributed by atoms with van der Waals surface area (Å²) in [5, 5.41) is 8.04. The highest BCUT2D eigenvalue weighted by molar-refractivity contribution is 14.0. The van der Waals surface area contributed by atoms with Crippen molar-refractivity contribution in [2.24, 2.45) is 10.4 Å². The Kier molecular flexibility index (Phi) is 11.1. The van der Waals surface area contributed by atoms with Crippen LogP contribution in [0.4, 0.5) is 0 Å². The predicted octanol–water partition coefficient (Wildman–Crippen LogP) is 4.25. The van der Waals surface area contributed by atoms with Crippen molar-refractivity contribution >= 4 is 41.3 Å². The van der Waals surface area contributed by atoms with Gasteiger partial charge in [0.25, 0.3) is 0 Å². The maximum atomic E-state index is 4.45. The van der Waals surface area contributed by atoms with Gasteiger partial charge in [0.2, 0.25) is 0 Å². The number of hydrogen-bond acceptors (Lipinski definition) is 3. The fraction of sp³-hybridized carbons (Fsp3) is 0.765. The van der Waals surface area contributed by atoms with Crippen LogP contribution < -0.4 is 10.6 Å². The van der Waals surface area contributed by atoms with Crippen LogP contribution in [0.2, 0.25) is 0 Å². The molecule has 0 bridgehead atoms. The Balaban J connectivity index is 0.00000484. The lowest BCUT2D eigenvalue weighted by atomic mass is 9.89. The first-order valence-electron chi connectivity index (χ1n) is 8.25. The monoisotopic (exact) mass is 452 g/mol. The maximum Gasteiger partial charge on any atom is 0.191 e. The van der Waals surface area contributed by atoms with E-state index in [1.165, 1.54) is 16.3 Å². The van der Waals surface area contributed by atoms with E-state index < -0.39 is 0 Å². The molecule has 6 heteroatoms. The summed E-state index contributed by atoms with van der Waals surface area (Å²) in [5.74, 6) is 0.883. The summed E-state index contributed by atoms with van der Waals surface area (Å²) in [6.07, 6.45) is 6.36. The Hall–Kier alpha value is -0.370. The SMILES string of the molecule is CCc1cnc(CCNC(=NC)NC(C)CCC(C)(C)C)s1.I. The molecular formula is C17H33IN4S. The summed E-state index contributed by atoms with van der Waals surface area (Å²) in [5.41, 5.74) is 0.384. The molecule has 0 saturated heterocycles. The van der Waals surface area contributed by atoms with Gasteiger partial charge < -0.3 is 10.6 Å². The minimum absolute atomic E-state index is 0. The molecule has 4 nitrogen and oxygen atoms in total. The molecular weight excluding hydrogens is 419 g/mol. The van der Waals surface area contributed by atoms with Gasteiger partial charge in [-0.25, -0.2) is 4.98 Å². The Morgan fingerprint density at radius 1 is 1.39 bits per heavy atom. The van der Waals surface area contributed by atoms with Crippen LogP contribution in [0, 0.1) is 5.41 Å². The van der Waals surface area contributed by atoms with Crippen molar-refractivity contribution in [1.29, 1.82) is 0 Å². The smallest absolute Gasteiger partial charge is 0.191 e. The lowest BCUT2D eigenvalue weighted by molar-refractivity contribution is 0.346. The molecule has 1 aromatic rings. The zero-order chi connectivity index (χ0) is 16.6. The number of aryl methyl sites for hydroxylation is 1. The topological polar surface area (TPSA) is 49.3 Å². The van der Waals surface area contributed by atoms with Crippen LogP contribution in [0.5, 0.6) is 0 Å². The van der Waals surface area contributed by atoms with Gasteiger partial charge in [-0.05, 0) is 31.6 Å². The van der Waals surface area contributed by atoms with Crippen LogP contribution in [0.1, 0.15) is 57.3 Å². The van der Waals surface area contributed by atoms with E-state index in [0.717, 1.165) is 31.8 Å². The fourth-order valence-electron chi connectivity index (χ4n) is 2.06. The minimum Gasteiger partial charge on any atom is -0.356 e. The molecule has 0 spiro atoms. The second-order valence-corrected chi connectivity index (χ2v) is 8.17. The van der Waals surface area contributed by atoms with Gasteiger partial charge in [-0.2, -0.15) is 0 Å². The van der Waals surface area contributed by atoms with Crippen LogP contribution in [-0.2, 0) is 12.8 Å². The third kappa shape index (κ3) is 10.2. The molecule has 0 radical (unpaired) electrons. The molecule has 134 valence electrons. The standard InChI is InChI=1S/C17H32N4S.HI/c1-7-14-12-20-15(22-14)9-11-19-16(18-6)21-13(2)8-10-17(3,4)5;/h12-13H,7-11H2,1-6H3,(H2,18,19,21);1H. The van der Waals surface area contributed by atoms with Crippen molar-refractivity contribution in [3.05, 3.63) is 16.1 Å². The summed E-state index contributed by atoms with van der Waals surface area (Å²) >= 11 is 1.81. The van der Waals surface area contributed by atoms with Gasteiger partial charge in [-0.1, -0.05) is 27.7 Å². The normalized spacial score (nSPS) is 13.4. The lowest BCUT2D eigenvalue weighted by Crippen LogP contribution is -2.43. The summed E-state index contributed by atoms with van der Waals surface area (Å²) in [6, 6.07) is 0.428. The van der Waals surface area contributed by atoms with Crippen LogP contribution in [0.3, 0.4) is 0 Å². The largest absolute Gasteiger partial charge is 0.356 e. The van der Waals surface area contributed by atoms with Crippen molar-refractivity contribution < 1.29 is 0 Å². The summed E-state index contributed by atoms with van der Waals surface area (Å²) in [6.45, 7) is 12.1. The summed E-state index contributed by atoms with van der Waals surface area (Å²) in [7, 11) is 1.82. The molecule has 23 heavy (non-hydrogen) atoms. The molecule has 1 aromatic heterocycles. The molecule has 1 heterocycles. The van der Waals surface area contributed by atoms with Crippen LogP contribution in [0.25, 0.3) is 0 Å². The molecule has 0 saturated carbocycles. The van der Waals surface area contributed by atoms with Crippen molar-refractivity contribution in [3.8, 4) is 0 Å². The van der Waals surface area contributed by atoms with Crippen molar-refractivity contribution in [2.45, 2.75) is 66.3 Å². The van der Waals surface area contributed by atoms with E-state index in [2.05, 4.69) is 55.2 Å². The summed E-state index contributed by atoms with van der Waals surface area (Å²) in [4.78, 5) is 10.1. The number of aliphatic imine (C=N–C) groups is 1. The van der Waals surface area contributed by atoms with E-state index in [9.17, 15) is 0 Å². The average molecular weight is 452 g/mol. The van der Waals surface area contributed by atoms with Gasteiger partial charge in [-0.3, -0.25) is 4.99 Å². The molecule has 1 rings (SSSR count). The number of guanidine groups is 1. The molecule has 0 fully saturated rings.